The second kappa shape index (κ2) is 8.37. The molecule has 0 saturated heterocycles. The summed E-state index contributed by atoms with van der Waals surface area (Å²) in [6, 6.07) is 9.68. The molecular weight excluding hydrogens is 352 g/mol. The highest BCUT2D eigenvalue weighted by molar-refractivity contribution is 9.10. The molecule has 1 N–H and O–H groups in total. The van der Waals surface area contributed by atoms with E-state index in [1.54, 1.807) is 6.20 Å². The van der Waals surface area contributed by atoms with Gasteiger partial charge in [-0.05, 0) is 52.7 Å². The van der Waals surface area contributed by atoms with E-state index in [1.807, 2.05) is 30.3 Å². The van der Waals surface area contributed by atoms with E-state index >= 15 is 0 Å². The molecule has 0 fully saturated rings. The van der Waals surface area contributed by atoms with E-state index in [9.17, 15) is 0 Å². The molecule has 0 aliphatic carbocycles. The predicted molar refractivity (Wildman–Crippen MR) is 89.7 cm³/mol. The maximum atomic E-state index is 5.98. The van der Waals surface area contributed by atoms with Gasteiger partial charge in [-0.3, -0.25) is 0 Å². The number of halogens is 2. The van der Waals surface area contributed by atoms with Crippen molar-refractivity contribution in [3.05, 3.63) is 57.2 Å². The highest BCUT2D eigenvalue weighted by Gasteiger charge is 2.07. The zero-order valence-electron chi connectivity index (χ0n) is 11.9. The molecule has 0 radical (unpaired) electrons. The zero-order chi connectivity index (χ0) is 15.1. The van der Waals surface area contributed by atoms with Gasteiger partial charge in [-0.25, -0.2) is 4.98 Å². The van der Waals surface area contributed by atoms with Gasteiger partial charge in [0.2, 0.25) is 5.88 Å². The van der Waals surface area contributed by atoms with Crippen molar-refractivity contribution >= 4 is 27.5 Å². The van der Waals surface area contributed by atoms with E-state index in [1.165, 1.54) is 0 Å². The molecule has 1 aromatic carbocycles. The Balaban J connectivity index is 2.04. The summed E-state index contributed by atoms with van der Waals surface area (Å²) < 4.78 is 6.78. The maximum Gasteiger partial charge on any atom is 0.218 e. The first-order valence-electron chi connectivity index (χ1n) is 6.91. The lowest BCUT2D eigenvalue weighted by Crippen LogP contribution is -2.15. The molecule has 112 valence electrons. The lowest BCUT2D eigenvalue weighted by Gasteiger charge is -2.11. The van der Waals surface area contributed by atoms with Crippen molar-refractivity contribution in [1.82, 2.24) is 10.3 Å². The number of ether oxygens (including phenoxy) is 1. The molecule has 0 aliphatic heterocycles. The van der Waals surface area contributed by atoms with Crippen LogP contribution in [0.1, 0.15) is 24.5 Å². The van der Waals surface area contributed by atoms with Crippen LogP contribution in [0.15, 0.2) is 41.0 Å². The van der Waals surface area contributed by atoms with Crippen LogP contribution in [0.25, 0.3) is 0 Å². The topological polar surface area (TPSA) is 34.2 Å². The minimum absolute atomic E-state index is 0.454. The van der Waals surface area contributed by atoms with Crippen LogP contribution < -0.4 is 10.1 Å². The predicted octanol–water partition coefficient (Wildman–Crippen LogP) is 4.58. The van der Waals surface area contributed by atoms with Crippen LogP contribution in [0, 0.1) is 0 Å². The fourth-order valence-electron chi connectivity index (χ4n) is 1.90. The molecule has 0 unspecified atom stereocenters. The molecule has 3 nitrogen and oxygen atoms in total. The number of benzene rings is 1. The second-order valence-corrected chi connectivity index (χ2v) is 6.07. The molecule has 0 saturated carbocycles. The van der Waals surface area contributed by atoms with Gasteiger partial charge < -0.3 is 10.1 Å². The first kappa shape index (κ1) is 16.3. The lowest BCUT2D eigenvalue weighted by molar-refractivity contribution is 0.289. The van der Waals surface area contributed by atoms with E-state index in [0.717, 1.165) is 35.1 Å². The van der Waals surface area contributed by atoms with E-state index in [0.29, 0.717) is 17.5 Å². The quantitative estimate of drug-likeness (QED) is 0.726. The van der Waals surface area contributed by atoms with Gasteiger partial charge in [0.1, 0.15) is 6.61 Å². The first-order valence-corrected chi connectivity index (χ1v) is 8.08. The summed E-state index contributed by atoms with van der Waals surface area (Å²) in [7, 11) is 0. The van der Waals surface area contributed by atoms with Crippen molar-refractivity contribution in [1.29, 1.82) is 0 Å². The maximum absolute atomic E-state index is 5.98. The molecule has 0 amide bonds. The number of hydrogen-bond acceptors (Lipinski definition) is 3. The summed E-state index contributed by atoms with van der Waals surface area (Å²) in [6.45, 7) is 4.31. The van der Waals surface area contributed by atoms with E-state index in [-0.39, 0.29) is 0 Å². The van der Waals surface area contributed by atoms with Crippen LogP contribution in [0.5, 0.6) is 5.88 Å². The Hall–Kier alpha value is -1.10. The molecular formula is C16H18BrClN2O. The molecule has 0 atom stereocenters. The zero-order valence-corrected chi connectivity index (χ0v) is 14.2. The van der Waals surface area contributed by atoms with Crippen LogP contribution in [-0.4, -0.2) is 11.5 Å². The van der Waals surface area contributed by atoms with Crippen LogP contribution in [-0.2, 0) is 13.2 Å². The number of nitrogens with zero attached hydrogens (tertiary/aromatic N) is 1. The third kappa shape index (κ3) is 5.30. The number of hydrogen-bond donors (Lipinski definition) is 1. The van der Waals surface area contributed by atoms with Crippen LogP contribution >= 0.6 is 27.5 Å². The number of pyridine rings is 1. The van der Waals surface area contributed by atoms with Gasteiger partial charge in [-0.2, -0.15) is 0 Å². The smallest absolute Gasteiger partial charge is 0.218 e. The summed E-state index contributed by atoms with van der Waals surface area (Å²) in [6.07, 6.45) is 2.84. The van der Waals surface area contributed by atoms with Gasteiger partial charge in [0.05, 0.1) is 0 Å². The Morgan fingerprint density at radius 2 is 2.19 bits per heavy atom. The SMILES string of the molecule is CCCNCc1cc(Br)cnc1OCc1cccc(Cl)c1. The van der Waals surface area contributed by atoms with Crippen LogP contribution in [0.2, 0.25) is 5.02 Å². The third-order valence-corrected chi connectivity index (χ3v) is 3.57. The molecule has 1 aromatic heterocycles. The molecule has 2 rings (SSSR count). The number of rotatable bonds is 7. The van der Waals surface area contributed by atoms with E-state index in [4.69, 9.17) is 16.3 Å². The van der Waals surface area contributed by atoms with Gasteiger partial charge >= 0.3 is 0 Å². The average molecular weight is 370 g/mol. The van der Waals surface area contributed by atoms with Gasteiger partial charge in [-0.15, -0.1) is 0 Å². The lowest BCUT2D eigenvalue weighted by atomic mass is 10.2. The van der Waals surface area contributed by atoms with Crippen molar-refractivity contribution < 1.29 is 4.74 Å². The summed E-state index contributed by atoms with van der Waals surface area (Å²) in [5.74, 6) is 0.654. The third-order valence-electron chi connectivity index (χ3n) is 2.90. The number of aromatic nitrogens is 1. The van der Waals surface area contributed by atoms with Gasteiger partial charge in [-0.1, -0.05) is 30.7 Å². The summed E-state index contributed by atoms with van der Waals surface area (Å²) in [4.78, 5) is 4.35. The molecule has 2 aromatic rings. The Labute approximate surface area is 138 Å². The normalized spacial score (nSPS) is 10.6. The Morgan fingerprint density at radius 1 is 1.33 bits per heavy atom. The van der Waals surface area contributed by atoms with E-state index in [2.05, 4.69) is 33.2 Å². The second-order valence-electron chi connectivity index (χ2n) is 4.71. The fraction of sp³-hybridized carbons (Fsp3) is 0.312. The van der Waals surface area contributed by atoms with Crippen LogP contribution in [0.4, 0.5) is 0 Å². The summed E-state index contributed by atoms with van der Waals surface area (Å²) in [5, 5.41) is 4.08. The van der Waals surface area contributed by atoms with Gasteiger partial charge in [0, 0.05) is 27.8 Å². The highest BCUT2D eigenvalue weighted by atomic mass is 79.9. The van der Waals surface area contributed by atoms with Crippen molar-refractivity contribution in [2.45, 2.75) is 26.5 Å². The molecule has 0 aliphatic rings. The number of nitrogens with one attached hydrogen (secondary N) is 1. The van der Waals surface area contributed by atoms with Gasteiger partial charge in [0.25, 0.3) is 0 Å². The molecule has 0 bridgehead atoms. The van der Waals surface area contributed by atoms with Gasteiger partial charge in [0.15, 0.2) is 0 Å². The molecule has 5 heteroatoms. The molecule has 21 heavy (non-hydrogen) atoms. The van der Waals surface area contributed by atoms with Crippen molar-refractivity contribution in [3.8, 4) is 5.88 Å². The van der Waals surface area contributed by atoms with Crippen molar-refractivity contribution in [3.63, 3.8) is 0 Å². The Bertz CT molecular complexity index is 592. The standard InChI is InChI=1S/C16H18BrClN2O/c1-2-6-19-9-13-8-14(17)10-20-16(13)21-11-12-4-3-5-15(18)7-12/h3-5,7-8,10,19H,2,6,9,11H2,1H3. The Kier molecular flexibility index (Phi) is 6.49. The average Bonchev–Trinajstić information content (AvgIpc) is 2.47. The minimum Gasteiger partial charge on any atom is -0.473 e. The summed E-state index contributed by atoms with van der Waals surface area (Å²) in [5.41, 5.74) is 2.07. The van der Waals surface area contributed by atoms with Crippen molar-refractivity contribution in [2.75, 3.05) is 6.54 Å². The highest BCUT2D eigenvalue weighted by Crippen LogP contribution is 2.21. The molecule has 1 heterocycles. The fourth-order valence-corrected chi connectivity index (χ4v) is 2.50. The minimum atomic E-state index is 0.454. The monoisotopic (exact) mass is 368 g/mol. The largest absolute Gasteiger partial charge is 0.473 e. The first-order chi connectivity index (χ1) is 10.2. The van der Waals surface area contributed by atoms with Crippen molar-refractivity contribution in [2.24, 2.45) is 0 Å². The molecule has 0 spiro atoms. The summed E-state index contributed by atoms with van der Waals surface area (Å²) >= 11 is 9.42. The van der Waals surface area contributed by atoms with E-state index < -0.39 is 0 Å². The van der Waals surface area contributed by atoms with Crippen LogP contribution in [0.3, 0.4) is 0 Å². The Morgan fingerprint density at radius 3 is 2.95 bits per heavy atom.